The molecule has 3 nitrogen and oxygen atoms in total. The van der Waals surface area contributed by atoms with Crippen LogP contribution in [-0.4, -0.2) is 14.8 Å². The van der Waals surface area contributed by atoms with Gasteiger partial charge >= 0.3 is 0 Å². The molecular weight excluding hydrogens is 234 g/mol. The second-order valence-corrected chi connectivity index (χ2v) is 4.97. The zero-order valence-corrected chi connectivity index (χ0v) is 11.5. The third kappa shape index (κ3) is 2.12. The van der Waals surface area contributed by atoms with E-state index in [1.54, 1.807) is 4.68 Å². The maximum absolute atomic E-state index is 4.58. The van der Waals surface area contributed by atoms with Gasteiger partial charge in [0.25, 0.3) is 0 Å². The molecule has 0 aliphatic rings. The summed E-state index contributed by atoms with van der Waals surface area (Å²) in [4.78, 5) is 4.58. The molecule has 0 spiro atoms. The van der Waals surface area contributed by atoms with Crippen molar-refractivity contribution in [3.05, 3.63) is 47.9 Å². The van der Waals surface area contributed by atoms with E-state index in [2.05, 4.69) is 42.1 Å². The summed E-state index contributed by atoms with van der Waals surface area (Å²) in [5.41, 5.74) is 4.70. The number of hydrogen-bond donors (Lipinski definition) is 0. The number of pyridine rings is 1. The van der Waals surface area contributed by atoms with Crippen LogP contribution in [0.25, 0.3) is 22.0 Å². The number of benzene rings is 1. The molecule has 0 fully saturated rings. The molecule has 0 N–H and O–H groups in total. The number of fused-ring (bicyclic) bond motifs is 1. The van der Waals surface area contributed by atoms with E-state index >= 15 is 0 Å². The van der Waals surface area contributed by atoms with Gasteiger partial charge in [-0.3, -0.25) is 9.67 Å². The van der Waals surface area contributed by atoms with E-state index in [-0.39, 0.29) is 0 Å². The number of nitrogens with zero attached hydrogens (tertiary/aromatic N) is 3. The molecule has 96 valence electrons. The lowest BCUT2D eigenvalue weighted by molar-refractivity contribution is 0.768. The van der Waals surface area contributed by atoms with Crippen molar-refractivity contribution in [2.24, 2.45) is 7.05 Å². The molecule has 2 aromatic heterocycles. The van der Waals surface area contributed by atoms with Gasteiger partial charge in [-0.25, -0.2) is 0 Å². The van der Waals surface area contributed by atoms with Crippen LogP contribution in [0.3, 0.4) is 0 Å². The molecule has 19 heavy (non-hydrogen) atoms. The first kappa shape index (κ1) is 11.9. The summed E-state index contributed by atoms with van der Waals surface area (Å²) in [6.07, 6.45) is 6.86. The molecule has 3 rings (SSSR count). The quantitative estimate of drug-likeness (QED) is 0.698. The van der Waals surface area contributed by atoms with Crippen molar-refractivity contribution >= 4 is 10.8 Å². The molecule has 0 radical (unpaired) electrons. The molecule has 3 aromatic rings. The van der Waals surface area contributed by atoms with Crippen LogP contribution >= 0.6 is 0 Å². The van der Waals surface area contributed by atoms with Gasteiger partial charge in [0.1, 0.15) is 0 Å². The van der Waals surface area contributed by atoms with Crippen molar-refractivity contribution in [1.29, 1.82) is 0 Å². The first-order chi connectivity index (χ1) is 9.17. The Labute approximate surface area is 112 Å². The van der Waals surface area contributed by atoms with Gasteiger partial charge in [0.15, 0.2) is 0 Å². The smallest absolute Gasteiger partial charge is 0.0739 e. The van der Waals surface area contributed by atoms with E-state index in [0.717, 1.165) is 17.7 Å². The molecule has 3 heteroatoms. The fourth-order valence-electron chi connectivity index (χ4n) is 2.50. The highest BCUT2D eigenvalue weighted by molar-refractivity contribution is 5.88. The summed E-state index contributed by atoms with van der Waals surface area (Å²) in [5, 5.41) is 6.71. The predicted octanol–water partition coefficient (Wildman–Crippen LogP) is 3.51. The number of hydrogen-bond acceptors (Lipinski definition) is 2. The molecule has 0 saturated heterocycles. The Balaban J connectivity index is 2.20. The fourth-order valence-corrected chi connectivity index (χ4v) is 2.50. The minimum absolute atomic E-state index is 0.980. The van der Waals surface area contributed by atoms with E-state index in [4.69, 9.17) is 0 Å². The van der Waals surface area contributed by atoms with Crippen molar-refractivity contribution in [3.63, 3.8) is 0 Å². The third-order valence-corrected chi connectivity index (χ3v) is 3.45. The summed E-state index contributed by atoms with van der Waals surface area (Å²) in [7, 11) is 1.92. The van der Waals surface area contributed by atoms with Crippen LogP contribution in [0.4, 0.5) is 0 Å². The molecule has 1 aromatic carbocycles. The lowest BCUT2D eigenvalue weighted by Crippen LogP contribution is -1.89. The van der Waals surface area contributed by atoms with Crippen LogP contribution in [0.2, 0.25) is 0 Å². The zero-order valence-electron chi connectivity index (χ0n) is 11.5. The molecule has 2 heterocycles. The summed E-state index contributed by atoms with van der Waals surface area (Å²) in [6, 6.07) is 6.61. The van der Waals surface area contributed by atoms with Crippen LogP contribution in [0, 0.1) is 6.92 Å². The Hall–Kier alpha value is -2.16. The summed E-state index contributed by atoms with van der Waals surface area (Å²) in [5.74, 6) is 0. The van der Waals surface area contributed by atoms with Crippen molar-refractivity contribution in [2.75, 3.05) is 0 Å². The lowest BCUT2D eigenvalue weighted by Gasteiger charge is -2.07. The van der Waals surface area contributed by atoms with E-state index in [9.17, 15) is 0 Å². The van der Waals surface area contributed by atoms with Crippen molar-refractivity contribution < 1.29 is 0 Å². The SMILES string of the molecule is CCc1cc(C)cc2cc(-c3cnn(C)c3)ncc12. The van der Waals surface area contributed by atoms with Crippen molar-refractivity contribution in [2.45, 2.75) is 20.3 Å². The Morgan fingerprint density at radius 3 is 2.68 bits per heavy atom. The van der Waals surface area contributed by atoms with E-state index in [0.29, 0.717) is 0 Å². The first-order valence-corrected chi connectivity index (χ1v) is 6.55. The maximum Gasteiger partial charge on any atom is 0.0739 e. The highest BCUT2D eigenvalue weighted by Crippen LogP contribution is 2.25. The molecule has 0 aliphatic heterocycles. The van der Waals surface area contributed by atoms with Gasteiger partial charge in [0.2, 0.25) is 0 Å². The molecule has 0 aliphatic carbocycles. The summed E-state index contributed by atoms with van der Waals surface area (Å²) >= 11 is 0. The Morgan fingerprint density at radius 2 is 2.00 bits per heavy atom. The Bertz CT molecular complexity index is 741. The minimum Gasteiger partial charge on any atom is -0.275 e. The monoisotopic (exact) mass is 251 g/mol. The van der Waals surface area contributed by atoms with Gasteiger partial charge in [0, 0.05) is 30.4 Å². The topological polar surface area (TPSA) is 30.7 Å². The first-order valence-electron chi connectivity index (χ1n) is 6.55. The molecular formula is C16H17N3. The van der Waals surface area contributed by atoms with Crippen molar-refractivity contribution in [1.82, 2.24) is 14.8 Å². The predicted molar refractivity (Wildman–Crippen MR) is 78.1 cm³/mol. The van der Waals surface area contributed by atoms with E-state index in [1.165, 1.54) is 21.9 Å². The fraction of sp³-hybridized carbons (Fsp3) is 0.250. The largest absolute Gasteiger partial charge is 0.275 e. The maximum atomic E-state index is 4.58. The van der Waals surface area contributed by atoms with Crippen molar-refractivity contribution in [3.8, 4) is 11.3 Å². The van der Waals surface area contributed by atoms with Gasteiger partial charge in [0.05, 0.1) is 11.9 Å². The number of aromatic nitrogens is 3. The van der Waals surface area contributed by atoms with E-state index < -0.39 is 0 Å². The summed E-state index contributed by atoms with van der Waals surface area (Å²) in [6.45, 7) is 4.33. The van der Waals surface area contributed by atoms with Gasteiger partial charge in [-0.05, 0) is 30.4 Å². The second kappa shape index (κ2) is 4.50. The third-order valence-electron chi connectivity index (χ3n) is 3.45. The summed E-state index contributed by atoms with van der Waals surface area (Å²) < 4.78 is 1.80. The Kier molecular flexibility index (Phi) is 2.82. The average Bonchev–Trinajstić information content (AvgIpc) is 2.83. The minimum atomic E-state index is 0.980. The van der Waals surface area contributed by atoms with Crippen LogP contribution in [0.15, 0.2) is 36.8 Å². The van der Waals surface area contributed by atoms with Crippen LogP contribution in [0.5, 0.6) is 0 Å². The highest BCUT2D eigenvalue weighted by Gasteiger charge is 2.06. The normalized spacial score (nSPS) is 11.1. The van der Waals surface area contributed by atoms with Crippen LogP contribution < -0.4 is 0 Å². The van der Waals surface area contributed by atoms with Gasteiger partial charge in [-0.1, -0.05) is 24.6 Å². The number of rotatable bonds is 2. The second-order valence-electron chi connectivity index (χ2n) is 4.97. The lowest BCUT2D eigenvalue weighted by atomic mass is 10.0. The van der Waals surface area contributed by atoms with Gasteiger partial charge in [-0.15, -0.1) is 0 Å². The average molecular weight is 251 g/mol. The van der Waals surface area contributed by atoms with Crippen LogP contribution in [-0.2, 0) is 13.5 Å². The number of aryl methyl sites for hydroxylation is 3. The Morgan fingerprint density at radius 1 is 1.16 bits per heavy atom. The molecule has 0 atom stereocenters. The van der Waals surface area contributed by atoms with Crippen LogP contribution in [0.1, 0.15) is 18.1 Å². The molecule has 0 saturated carbocycles. The molecule has 0 bridgehead atoms. The molecule has 0 amide bonds. The van der Waals surface area contributed by atoms with Gasteiger partial charge < -0.3 is 0 Å². The molecule has 0 unspecified atom stereocenters. The van der Waals surface area contributed by atoms with Gasteiger partial charge in [-0.2, -0.15) is 5.10 Å². The zero-order chi connectivity index (χ0) is 13.4. The highest BCUT2D eigenvalue weighted by atomic mass is 15.2. The standard InChI is InChI=1S/C16H17N3/c1-4-12-5-11(2)6-13-7-16(17-9-15(12)13)14-8-18-19(3)10-14/h5-10H,4H2,1-3H3. The van der Waals surface area contributed by atoms with E-state index in [1.807, 2.05) is 25.6 Å².